The predicted molar refractivity (Wildman–Crippen MR) is 181 cm³/mol. The molecule has 2 unspecified atom stereocenters. The van der Waals surface area contributed by atoms with Crippen LogP contribution in [0.3, 0.4) is 0 Å². The Morgan fingerprint density at radius 2 is 1.09 bits per heavy atom. The summed E-state index contributed by atoms with van der Waals surface area (Å²) in [6.45, 7) is 4.35. The molecule has 0 amide bonds. The Labute approximate surface area is 277 Å². The summed E-state index contributed by atoms with van der Waals surface area (Å²) in [5.74, 6) is 0.154. The number of carbonyl (C=O) groups excluding carboxylic acids is 2. The molecule has 46 heavy (non-hydrogen) atoms. The average Bonchev–Trinajstić information content (AvgIpc) is 3.08. The molecule has 7 heteroatoms. The van der Waals surface area contributed by atoms with E-state index in [2.05, 4.69) is 32.0 Å². The first-order valence-corrected chi connectivity index (χ1v) is 18.7. The molecule has 2 saturated carbocycles. The molecule has 2 atom stereocenters. The summed E-state index contributed by atoms with van der Waals surface area (Å²) >= 11 is 0. The van der Waals surface area contributed by atoms with Gasteiger partial charge in [-0.2, -0.15) is 0 Å². The fourth-order valence-corrected chi connectivity index (χ4v) is 7.24. The number of hydrogen-bond donors (Lipinski definition) is 0. The summed E-state index contributed by atoms with van der Waals surface area (Å²) in [6.07, 6.45) is 16.3. The summed E-state index contributed by atoms with van der Waals surface area (Å²) < 4.78 is 45.8. The largest absolute Gasteiger partial charge is 0.496 e. The van der Waals surface area contributed by atoms with Gasteiger partial charge in [-0.3, -0.25) is 0 Å². The Morgan fingerprint density at radius 1 is 0.652 bits per heavy atom. The Morgan fingerprint density at radius 3 is 1.54 bits per heavy atom. The minimum atomic E-state index is -1.52. The fraction of sp³-hybridized carbons (Fsp3) is 0.795. The quantitative estimate of drug-likeness (QED) is 0.0980. The first-order chi connectivity index (χ1) is 22.4. The molecule has 0 bridgehead atoms. The molecule has 0 N–H and O–H groups in total. The highest BCUT2D eigenvalue weighted by Crippen LogP contribution is 2.42. The van der Waals surface area contributed by atoms with E-state index in [1.165, 1.54) is 49.7 Å². The number of unbranched alkanes of at least 4 members (excludes halogenated alkanes) is 10. The lowest BCUT2D eigenvalue weighted by Crippen LogP contribution is -2.28. The van der Waals surface area contributed by atoms with Gasteiger partial charge in [-0.05, 0) is 106 Å². The van der Waals surface area contributed by atoms with Crippen molar-refractivity contribution >= 4 is 11.9 Å². The Hall–Kier alpha value is -2.18. The van der Waals surface area contributed by atoms with E-state index in [0.29, 0.717) is 11.8 Å². The maximum Gasteiger partial charge on any atom is 0.340 e. The third-order valence-electron chi connectivity index (χ3n) is 10.2. The van der Waals surface area contributed by atoms with Crippen LogP contribution in [0.5, 0.6) is 5.75 Å². The van der Waals surface area contributed by atoms with Crippen molar-refractivity contribution in [1.82, 2.24) is 0 Å². The molecular weight excluding hydrogens is 586 g/mol. The molecule has 0 spiro atoms. The number of benzene rings is 1. The van der Waals surface area contributed by atoms with Gasteiger partial charge in [-0.15, -0.1) is 0 Å². The second kappa shape index (κ2) is 21.6. The van der Waals surface area contributed by atoms with Crippen molar-refractivity contribution in [2.75, 3.05) is 7.11 Å². The lowest BCUT2D eigenvalue weighted by molar-refractivity contribution is -0.157. The summed E-state index contributed by atoms with van der Waals surface area (Å²) in [5.41, 5.74) is 2.39. The van der Waals surface area contributed by atoms with Gasteiger partial charge in [0.2, 0.25) is 0 Å². The van der Waals surface area contributed by atoms with Crippen LogP contribution in [-0.2, 0) is 19.1 Å². The van der Waals surface area contributed by atoms with Crippen molar-refractivity contribution in [2.24, 2.45) is 0 Å². The molecule has 3 rings (SSSR count). The zero-order chi connectivity index (χ0) is 33.1. The number of hydrogen-bond acceptors (Lipinski definition) is 5. The minimum absolute atomic E-state index is 0.208. The molecule has 0 aromatic heterocycles. The van der Waals surface area contributed by atoms with Gasteiger partial charge < -0.3 is 14.2 Å². The van der Waals surface area contributed by atoms with Gasteiger partial charge >= 0.3 is 11.9 Å². The third kappa shape index (κ3) is 13.1. The third-order valence-corrected chi connectivity index (χ3v) is 10.2. The molecule has 2 aliphatic carbocycles. The standard InChI is InChI=1S/C39H62F2O5/c1-4-6-8-10-12-14-16-35(40)38(42)45-32-23-18-29(19-24-32)31-22-27-34(37(28-31)44-3)30-20-25-33(26-21-30)46-39(43)36(41)17-15-13-11-9-7-5-2/h22,27-30,32-33,35-36H,4-21,23-26H2,1-3H3. The number of alkyl halides is 2. The van der Waals surface area contributed by atoms with E-state index in [1.54, 1.807) is 7.11 Å². The molecule has 262 valence electrons. The molecule has 2 aliphatic rings. The van der Waals surface area contributed by atoms with Gasteiger partial charge in [0.1, 0.15) is 18.0 Å². The predicted octanol–water partition coefficient (Wildman–Crippen LogP) is 11.0. The van der Waals surface area contributed by atoms with Crippen LogP contribution >= 0.6 is 0 Å². The summed E-state index contributed by atoms with van der Waals surface area (Å²) in [7, 11) is 1.70. The van der Waals surface area contributed by atoms with Crippen LogP contribution in [0.4, 0.5) is 8.78 Å². The van der Waals surface area contributed by atoms with E-state index in [4.69, 9.17) is 14.2 Å². The molecule has 5 nitrogen and oxygen atoms in total. The smallest absolute Gasteiger partial charge is 0.340 e. The molecular formula is C39H62F2O5. The maximum atomic E-state index is 14.4. The van der Waals surface area contributed by atoms with Crippen LogP contribution in [0.1, 0.15) is 178 Å². The normalized spacial score (nSPS) is 23.0. The van der Waals surface area contributed by atoms with Crippen molar-refractivity contribution in [2.45, 2.75) is 191 Å². The summed E-state index contributed by atoms with van der Waals surface area (Å²) in [4.78, 5) is 24.7. The van der Waals surface area contributed by atoms with E-state index >= 15 is 0 Å². The van der Waals surface area contributed by atoms with Crippen molar-refractivity contribution < 1.29 is 32.6 Å². The molecule has 0 saturated heterocycles. The van der Waals surface area contributed by atoms with Gasteiger partial charge in [-0.25, -0.2) is 18.4 Å². The topological polar surface area (TPSA) is 61.8 Å². The number of esters is 2. The second-order valence-electron chi connectivity index (χ2n) is 13.9. The molecule has 1 aromatic carbocycles. The van der Waals surface area contributed by atoms with Crippen LogP contribution in [-0.4, -0.2) is 43.6 Å². The van der Waals surface area contributed by atoms with Gasteiger partial charge in [0.15, 0.2) is 12.3 Å². The fourth-order valence-electron chi connectivity index (χ4n) is 7.24. The first kappa shape index (κ1) is 38.3. The lowest BCUT2D eigenvalue weighted by atomic mass is 9.79. The van der Waals surface area contributed by atoms with Crippen molar-refractivity contribution in [3.8, 4) is 5.75 Å². The van der Waals surface area contributed by atoms with Crippen LogP contribution in [0.2, 0.25) is 0 Å². The molecule has 0 aliphatic heterocycles. The molecule has 0 radical (unpaired) electrons. The highest BCUT2D eigenvalue weighted by Gasteiger charge is 2.31. The molecule has 1 aromatic rings. The summed E-state index contributed by atoms with van der Waals surface area (Å²) in [6, 6.07) is 6.51. The average molecular weight is 649 g/mol. The van der Waals surface area contributed by atoms with Crippen molar-refractivity contribution in [3.63, 3.8) is 0 Å². The van der Waals surface area contributed by atoms with Gasteiger partial charge in [0, 0.05) is 0 Å². The minimum Gasteiger partial charge on any atom is -0.496 e. The highest BCUT2D eigenvalue weighted by molar-refractivity contribution is 5.75. The van der Waals surface area contributed by atoms with E-state index in [1.807, 2.05) is 0 Å². The lowest BCUT2D eigenvalue weighted by Gasteiger charge is -2.31. The van der Waals surface area contributed by atoms with Crippen molar-refractivity contribution in [3.05, 3.63) is 29.3 Å². The number of rotatable bonds is 21. The van der Waals surface area contributed by atoms with Crippen LogP contribution in [0, 0.1) is 0 Å². The van der Waals surface area contributed by atoms with E-state index in [-0.39, 0.29) is 25.0 Å². The molecule has 2 fully saturated rings. The van der Waals surface area contributed by atoms with Crippen LogP contribution < -0.4 is 4.74 Å². The molecule has 0 heterocycles. The number of ether oxygens (including phenoxy) is 3. The Bertz CT molecular complexity index is 1000. The first-order valence-electron chi connectivity index (χ1n) is 18.7. The zero-order valence-electron chi connectivity index (χ0n) is 29.0. The monoisotopic (exact) mass is 648 g/mol. The zero-order valence-corrected chi connectivity index (χ0v) is 29.0. The maximum absolute atomic E-state index is 14.4. The van der Waals surface area contributed by atoms with Crippen molar-refractivity contribution in [1.29, 1.82) is 0 Å². The highest BCUT2D eigenvalue weighted by atomic mass is 19.1. The van der Waals surface area contributed by atoms with Gasteiger partial charge in [0.05, 0.1) is 7.11 Å². The second-order valence-corrected chi connectivity index (χ2v) is 13.9. The SMILES string of the molecule is CCCCCCCCC(F)C(=O)OC1CCC(c2ccc(C3CCC(OC(=O)C(F)CCCCCCCC)CC3)c(OC)c2)CC1. The van der Waals surface area contributed by atoms with E-state index in [0.717, 1.165) is 95.6 Å². The van der Waals surface area contributed by atoms with Gasteiger partial charge in [-0.1, -0.05) is 90.2 Å². The van der Waals surface area contributed by atoms with Gasteiger partial charge in [0.25, 0.3) is 0 Å². The Balaban J connectivity index is 1.38. The number of methoxy groups -OCH3 is 1. The van der Waals surface area contributed by atoms with Crippen LogP contribution in [0.25, 0.3) is 0 Å². The number of carbonyl (C=O) groups is 2. The number of halogens is 2. The van der Waals surface area contributed by atoms with E-state index in [9.17, 15) is 18.4 Å². The Kier molecular flexibility index (Phi) is 18.0. The van der Waals surface area contributed by atoms with E-state index < -0.39 is 24.3 Å². The van der Waals surface area contributed by atoms with Crippen LogP contribution in [0.15, 0.2) is 18.2 Å². The summed E-state index contributed by atoms with van der Waals surface area (Å²) in [5, 5.41) is 0.